The first kappa shape index (κ1) is 101. The van der Waals surface area contributed by atoms with Crippen LogP contribution in [0.25, 0.3) is 0 Å². The van der Waals surface area contributed by atoms with E-state index in [4.69, 9.17) is 37.0 Å². The molecule has 2 unspecified atom stereocenters. The van der Waals surface area contributed by atoms with E-state index in [1.54, 1.807) is 0 Å². The molecule has 19 heteroatoms. The Morgan fingerprint density at radius 3 is 0.660 bits per heavy atom. The molecule has 103 heavy (non-hydrogen) atoms. The summed E-state index contributed by atoms with van der Waals surface area (Å²) in [5.74, 6) is -0.712. The zero-order valence-electron chi connectivity index (χ0n) is 67.6. The molecular formula is C84H164O17P2. The van der Waals surface area contributed by atoms with Crippen molar-refractivity contribution < 1.29 is 80.2 Å². The van der Waals surface area contributed by atoms with Crippen LogP contribution in [0.3, 0.4) is 0 Å². The van der Waals surface area contributed by atoms with Crippen LogP contribution in [0, 0.1) is 11.8 Å². The van der Waals surface area contributed by atoms with Gasteiger partial charge >= 0.3 is 39.5 Å². The monoisotopic (exact) mass is 1510 g/mol. The van der Waals surface area contributed by atoms with Crippen LogP contribution < -0.4 is 0 Å². The quantitative estimate of drug-likeness (QED) is 0.0222. The van der Waals surface area contributed by atoms with E-state index in [1.165, 1.54) is 257 Å². The Morgan fingerprint density at radius 1 is 0.262 bits per heavy atom. The van der Waals surface area contributed by atoms with Gasteiger partial charge in [-0.25, -0.2) is 9.13 Å². The number of unbranched alkanes of at least 4 members (excludes halogenated alkanes) is 53. The van der Waals surface area contributed by atoms with E-state index in [0.717, 1.165) is 96.3 Å². The normalized spacial score (nSPS) is 13.9. The lowest BCUT2D eigenvalue weighted by atomic mass is 10.0. The molecule has 0 spiro atoms. The molecule has 0 amide bonds. The second-order valence-corrected chi connectivity index (χ2v) is 34.1. The molecule has 0 rings (SSSR count). The first-order chi connectivity index (χ1) is 49.9. The lowest BCUT2D eigenvalue weighted by Gasteiger charge is -2.21. The van der Waals surface area contributed by atoms with Crippen molar-refractivity contribution in [2.75, 3.05) is 39.6 Å². The van der Waals surface area contributed by atoms with Gasteiger partial charge in [-0.2, -0.15) is 0 Å². The van der Waals surface area contributed by atoms with Crippen LogP contribution in [-0.4, -0.2) is 96.7 Å². The Morgan fingerprint density at radius 2 is 0.447 bits per heavy atom. The van der Waals surface area contributed by atoms with Crippen LogP contribution in [0.2, 0.25) is 0 Å². The second kappa shape index (κ2) is 75.5. The van der Waals surface area contributed by atoms with Gasteiger partial charge in [0.15, 0.2) is 12.2 Å². The van der Waals surface area contributed by atoms with Crippen LogP contribution in [0.5, 0.6) is 0 Å². The predicted octanol–water partition coefficient (Wildman–Crippen LogP) is 25.5. The van der Waals surface area contributed by atoms with Crippen LogP contribution in [-0.2, 0) is 65.4 Å². The number of rotatable bonds is 83. The fraction of sp³-hybridized carbons (Fsp3) is 0.952. The van der Waals surface area contributed by atoms with Crippen molar-refractivity contribution in [3.05, 3.63) is 0 Å². The number of hydrogen-bond donors (Lipinski definition) is 3. The predicted molar refractivity (Wildman–Crippen MR) is 423 cm³/mol. The zero-order chi connectivity index (χ0) is 75.6. The van der Waals surface area contributed by atoms with Gasteiger partial charge < -0.3 is 33.8 Å². The van der Waals surface area contributed by atoms with Crippen molar-refractivity contribution in [3.8, 4) is 0 Å². The Labute approximate surface area is 632 Å². The van der Waals surface area contributed by atoms with E-state index in [2.05, 4.69) is 41.5 Å². The molecular weight excluding hydrogens is 1340 g/mol. The number of carbonyl (C=O) groups is 4. The zero-order valence-corrected chi connectivity index (χ0v) is 69.4. The molecule has 0 saturated heterocycles. The molecule has 5 atom stereocenters. The molecule has 0 aliphatic rings. The molecule has 0 radical (unpaired) electrons. The van der Waals surface area contributed by atoms with E-state index in [0.29, 0.717) is 37.5 Å². The lowest BCUT2D eigenvalue weighted by Crippen LogP contribution is -2.30. The maximum Gasteiger partial charge on any atom is 0.472 e. The fourth-order valence-corrected chi connectivity index (χ4v) is 14.6. The molecule has 0 aromatic rings. The minimum Gasteiger partial charge on any atom is -0.462 e. The Hall–Kier alpha value is -1.94. The third-order valence-corrected chi connectivity index (χ3v) is 21.6. The summed E-state index contributed by atoms with van der Waals surface area (Å²) in [6.07, 6.45) is 67.2. The number of phosphoric ester groups is 2. The lowest BCUT2D eigenvalue weighted by molar-refractivity contribution is -0.161. The number of phosphoric acid groups is 2. The summed E-state index contributed by atoms with van der Waals surface area (Å²) in [5, 5.41) is 10.6. The molecule has 17 nitrogen and oxygen atoms in total. The van der Waals surface area contributed by atoms with Crippen LogP contribution in [0.1, 0.15) is 446 Å². The number of carbonyl (C=O) groups excluding carboxylic acids is 4. The number of ether oxygens (including phenoxy) is 4. The van der Waals surface area contributed by atoms with Crippen molar-refractivity contribution in [2.24, 2.45) is 11.8 Å². The first-order valence-corrected chi connectivity index (χ1v) is 46.5. The summed E-state index contributed by atoms with van der Waals surface area (Å²) < 4.78 is 68.7. The third kappa shape index (κ3) is 78.0. The Balaban J connectivity index is 5.16. The maximum atomic E-state index is 13.1. The van der Waals surface area contributed by atoms with Crippen LogP contribution >= 0.6 is 15.6 Å². The molecule has 0 bridgehead atoms. The minimum atomic E-state index is -4.96. The maximum absolute atomic E-state index is 13.1. The standard InChI is InChI=1S/C84H164O17P2/c1-7-9-11-13-15-17-19-21-23-25-27-29-31-33-35-37-39-41-43-49-56-62-68-83(88)100-79(72-94-81(86)66-60-54-48-42-40-38-36-34-32-30-28-26-24-22-20-18-16-14-12-10-8-2)74-98-102(90,91)96-70-78(85)71-97-103(92,93)99-75-80(101-84(89)69-63-57-51-45-47-53-59-65-77(5)6)73-95-82(87)67-61-55-50-44-46-52-58-64-76(3)4/h76-80,85H,7-75H2,1-6H3,(H,90,91)(H,92,93)/t78-,79-,80-/m1/s1. The van der Waals surface area contributed by atoms with E-state index < -0.39 is 97.5 Å². The molecule has 0 fully saturated rings. The van der Waals surface area contributed by atoms with Gasteiger partial charge in [-0.15, -0.1) is 0 Å². The van der Waals surface area contributed by atoms with Crippen molar-refractivity contribution in [3.63, 3.8) is 0 Å². The van der Waals surface area contributed by atoms with E-state index >= 15 is 0 Å². The number of hydrogen-bond acceptors (Lipinski definition) is 15. The van der Waals surface area contributed by atoms with Crippen molar-refractivity contribution in [1.29, 1.82) is 0 Å². The summed E-state index contributed by atoms with van der Waals surface area (Å²) in [6.45, 7) is 9.51. The summed E-state index contributed by atoms with van der Waals surface area (Å²) >= 11 is 0. The third-order valence-electron chi connectivity index (χ3n) is 19.7. The van der Waals surface area contributed by atoms with Crippen LogP contribution in [0.15, 0.2) is 0 Å². The average molecular weight is 1510 g/mol. The van der Waals surface area contributed by atoms with E-state index in [9.17, 15) is 43.2 Å². The van der Waals surface area contributed by atoms with Gasteiger partial charge in [-0.05, 0) is 37.5 Å². The Bertz CT molecular complexity index is 1980. The summed E-state index contributed by atoms with van der Waals surface area (Å²) in [5.41, 5.74) is 0. The van der Waals surface area contributed by atoms with Crippen molar-refractivity contribution in [2.45, 2.75) is 464 Å². The molecule has 0 heterocycles. The summed E-state index contributed by atoms with van der Waals surface area (Å²) in [7, 11) is -9.92. The summed E-state index contributed by atoms with van der Waals surface area (Å²) in [4.78, 5) is 73.0. The highest BCUT2D eigenvalue weighted by Crippen LogP contribution is 2.45. The molecule has 3 N–H and O–H groups in total. The minimum absolute atomic E-state index is 0.103. The second-order valence-electron chi connectivity index (χ2n) is 31.2. The molecule has 0 aliphatic carbocycles. The van der Waals surface area contributed by atoms with Gasteiger partial charge in [0.2, 0.25) is 0 Å². The first-order valence-electron chi connectivity index (χ1n) is 43.5. The molecule has 0 aromatic carbocycles. The largest absolute Gasteiger partial charge is 0.472 e. The topological polar surface area (TPSA) is 237 Å². The Kier molecular flexibility index (Phi) is 74.1. The smallest absolute Gasteiger partial charge is 0.462 e. The van der Waals surface area contributed by atoms with Gasteiger partial charge in [-0.1, -0.05) is 395 Å². The van der Waals surface area contributed by atoms with Gasteiger partial charge in [0.1, 0.15) is 19.3 Å². The van der Waals surface area contributed by atoms with Gasteiger partial charge in [-0.3, -0.25) is 37.3 Å². The van der Waals surface area contributed by atoms with Crippen molar-refractivity contribution in [1.82, 2.24) is 0 Å². The SMILES string of the molecule is CCCCCCCCCCCCCCCCCCCCCCCCC(=O)O[C@H](COC(=O)CCCCCCCCCCCCCCCCCCCCCCC)COP(=O)(O)OC[C@@H](O)COP(=O)(O)OC[C@@H](COC(=O)CCCCCCCCCC(C)C)OC(=O)CCCCCCCCCC(C)C. The molecule has 0 saturated carbocycles. The fourth-order valence-electron chi connectivity index (χ4n) is 13.1. The summed E-state index contributed by atoms with van der Waals surface area (Å²) in [6, 6.07) is 0. The average Bonchev–Trinajstić information content (AvgIpc) is 0.926. The number of aliphatic hydroxyl groups excluding tert-OH is 1. The van der Waals surface area contributed by atoms with Crippen LogP contribution in [0.4, 0.5) is 0 Å². The molecule has 612 valence electrons. The highest BCUT2D eigenvalue weighted by atomic mass is 31.2. The van der Waals surface area contributed by atoms with Gasteiger partial charge in [0, 0.05) is 25.7 Å². The van der Waals surface area contributed by atoms with E-state index in [1.807, 2.05) is 0 Å². The highest BCUT2D eigenvalue weighted by Gasteiger charge is 2.30. The van der Waals surface area contributed by atoms with Gasteiger partial charge in [0.25, 0.3) is 0 Å². The molecule has 0 aliphatic heterocycles. The highest BCUT2D eigenvalue weighted by molar-refractivity contribution is 7.47. The van der Waals surface area contributed by atoms with Gasteiger partial charge in [0.05, 0.1) is 26.4 Å². The van der Waals surface area contributed by atoms with E-state index in [-0.39, 0.29) is 25.7 Å². The van der Waals surface area contributed by atoms with Crippen molar-refractivity contribution >= 4 is 39.5 Å². The number of aliphatic hydroxyl groups is 1. The number of esters is 4. The molecule has 0 aromatic heterocycles.